The third-order valence-corrected chi connectivity index (χ3v) is 2.31. The second-order valence-corrected chi connectivity index (χ2v) is 3.28. The fourth-order valence-corrected chi connectivity index (χ4v) is 1.76. The number of halogens is 1. The fourth-order valence-electron chi connectivity index (χ4n) is 0.834. The van der Waals surface area contributed by atoms with E-state index in [4.69, 9.17) is 11.6 Å². The lowest BCUT2D eigenvalue weighted by atomic mass is 10.3. The summed E-state index contributed by atoms with van der Waals surface area (Å²) in [7, 11) is 0. The maximum absolute atomic E-state index is 5.75. The molecule has 0 unspecified atom stereocenters. The van der Waals surface area contributed by atoms with Crippen molar-refractivity contribution in [1.29, 1.82) is 0 Å². The molecule has 0 N–H and O–H groups in total. The molecule has 0 radical (unpaired) electrons. The fraction of sp³-hybridized carbons (Fsp3) is 0. The van der Waals surface area contributed by atoms with Gasteiger partial charge in [0, 0.05) is 16.6 Å². The van der Waals surface area contributed by atoms with E-state index in [2.05, 4.69) is 4.37 Å². The molecular formula is C7H4ClNS. The van der Waals surface area contributed by atoms with E-state index in [1.807, 2.05) is 24.4 Å². The van der Waals surface area contributed by atoms with Crippen molar-refractivity contribution in [3.63, 3.8) is 0 Å². The summed E-state index contributed by atoms with van der Waals surface area (Å²) in [6.07, 6.45) is 1.84. The summed E-state index contributed by atoms with van der Waals surface area (Å²) in [4.78, 5) is 0. The average Bonchev–Trinajstić information content (AvgIpc) is 2.33. The molecule has 1 heterocycles. The van der Waals surface area contributed by atoms with Gasteiger partial charge in [-0.05, 0) is 23.7 Å². The molecule has 0 spiro atoms. The van der Waals surface area contributed by atoms with Crippen LogP contribution in [0.25, 0.3) is 10.1 Å². The van der Waals surface area contributed by atoms with Gasteiger partial charge in [0.15, 0.2) is 0 Å². The topological polar surface area (TPSA) is 12.9 Å². The Morgan fingerprint density at radius 3 is 3.20 bits per heavy atom. The molecule has 0 amide bonds. The van der Waals surface area contributed by atoms with Gasteiger partial charge in [0.05, 0.1) is 4.70 Å². The van der Waals surface area contributed by atoms with Gasteiger partial charge < -0.3 is 0 Å². The van der Waals surface area contributed by atoms with E-state index < -0.39 is 0 Å². The molecule has 0 aliphatic carbocycles. The molecule has 10 heavy (non-hydrogen) atoms. The normalized spacial score (nSPS) is 10.5. The monoisotopic (exact) mass is 169 g/mol. The molecule has 1 aromatic heterocycles. The largest absolute Gasteiger partial charge is 0.200 e. The van der Waals surface area contributed by atoms with Crippen LogP contribution in [0.1, 0.15) is 0 Å². The van der Waals surface area contributed by atoms with E-state index in [1.165, 1.54) is 11.5 Å². The maximum atomic E-state index is 5.75. The molecule has 2 rings (SSSR count). The van der Waals surface area contributed by atoms with Crippen LogP contribution in [0.3, 0.4) is 0 Å². The molecule has 0 aliphatic rings. The van der Waals surface area contributed by atoms with Crippen LogP contribution in [0.5, 0.6) is 0 Å². The van der Waals surface area contributed by atoms with Crippen LogP contribution in [-0.4, -0.2) is 4.37 Å². The molecule has 50 valence electrons. The third kappa shape index (κ3) is 0.895. The van der Waals surface area contributed by atoms with Crippen LogP contribution in [-0.2, 0) is 0 Å². The second-order valence-electron chi connectivity index (χ2n) is 2.01. The predicted octanol–water partition coefficient (Wildman–Crippen LogP) is 2.95. The van der Waals surface area contributed by atoms with Crippen molar-refractivity contribution in [2.75, 3.05) is 0 Å². The number of hydrogen-bond donors (Lipinski definition) is 0. The summed E-state index contributed by atoms with van der Waals surface area (Å²) in [6, 6.07) is 5.77. The number of nitrogens with zero attached hydrogens (tertiary/aromatic N) is 1. The van der Waals surface area contributed by atoms with Crippen LogP contribution >= 0.6 is 23.1 Å². The summed E-state index contributed by atoms with van der Waals surface area (Å²) >= 11 is 7.22. The molecule has 0 atom stereocenters. The van der Waals surface area contributed by atoms with Gasteiger partial charge in [-0.2, -0.15) is 4.37 Å². The number of fused-ring (bicyclic) bond motifs is 1. The first kappa shape index (κ1) is 6.13. The van der Waals surface area contributed by atoms with Crippen LogP contribution in [0.4, 0.5) is 0 Å². The molecular weight excluding hydrogens is 166 g/mol. The summed E-state index contributed by atoms with van der Waals surface area (Å²) in [5.41, 5.74) is 0. The molecule has 0 fully saturated rings. The zero-order chi connectivity index (χ0) is 6.97. The average molecular weight is 170 g/mol. The van der Waals surface area contributed by atoms with Crippen LogP contribution < -0.4 is 0 Å². The lowest BCUT2D eigenvalue weighted by Gasteiger charge is -1.86. The van der Waals surface area contributed by atoms with Gasteiger partial charge in [-0.3, -0.25) is 0 Å². The van der Waals surface area contributed by atoms with E-state index >= 15 is 0 Å². The zero-order valence-electron chi connectivity index (χ0n) is 5.04. The summed E-state index contributed by atoms with van der Waals surface area (Å²) in [6.45, 7) is 0. The maximum Gasteiger partial charge on any atom is 0.0564 e. The van der Waals surface area contributed by atoms with Crippen molar-refractivity contribution >= 4 is 33.2 Å². The number of aromatic nitrogens is 1. The summed E-state index contributed by atoms with van der Waals surface area (Å²) < 4.78 is 5.17. The van der Waals surface area contributed by atoms with Gasteiger partial charge in [-0.1, -0.05) is 17.7 Å². The van der Waals surface area contributed by atoms with Gasteiger partial charge in [0.2, 0.25) is 0 Å². The highest BCUT2D eigenvalue weighted by atomic mass is 35.5. The Bertz CT molecular complexity index is 355. The minimum absolute atomic E-state index is 0.775. The number of hydrogen-bond acceptors (Lipinski definition) is 2. The zero-order valence-corrected chi connectivity index (χ0v) is 6.62. The Morgan fingerprint density at radius 2 is 2.30 bits per heavy atom. The van der Waals surface area contributed by atoms with Gasteiger partial charge in [-0.15, -0.1) is 0 Å². The Labute approximate surface area is 67.4 Å². The molecule has 0 bridgehead atoms. The molecule has 0 saturated carbocycles. The van der Waals surface area contributed by atoms with Gasteiger partial charge in [0.1, 0.15) is 0 Å². The van der Waals surface area contributed by atoms with Crippen molar-refractivity contribution in [1.82, 2.24) is 4.37 Å². The smallest absolute Gasteiger partial charge is 0.0564 e. The van der Waals surface area contributed by atoms with Gasteiger partial charge in [0.25, 0.3) is 0 Å². The van der Waals surface area contributed by atoms with Crippen LogP contribution in [0.15, 0.2) is 24.4 Å². The van der Waals surface area contributed by atoms with Crippen molar-refractivity contribution < 1.29 is 0 Å². The minimum atomic E-state index is 0.775. The quantitative estimate of drug-likeness (QED) is 0.591. The molecule has 1 nitrogen and oxygen atoms in total. The second kappa shape index (κ2) is 2.22. The Morgan fingerprint density at radius 1 is 1.40 bits per heavy atom. The Hall–Kier alpha value is -0.600. The summed E-state index contributed by atoms with van der Waals surface area (Å²) in [5.74, 6) is 0. The van der Waals surface area contributed by atoms with E-state index in [9.17, 15) is 0 Å². The first-order valence-electron chi connectivity index (χ1n) is 2.86. The van der Waals surface area contributed by atoms with Crippen molar-refractivity contribution in [3.8, 4) is 0 Å². The van der Waals surface area contributed by atoms with E-state index in [-0.39, 0.29) is 0 Å². The van der Waals surface area contributed by atoms with Crippen molar-refractivity contribution in [2.45, 2.75) is 0 Å². The molecule has 0 saturated heterocycles. The summed E-state index contributed by atoms with van der Waals surface area (Å²) in [5, 5.41) is 1.94. The highest BCUT2D eigenvalue weighted by Gasteiger charge is 1.94. The minimum Gasteiger partial charge on any atom is -0.200 e. The standard InChI is InChI=1S/C7H4ClNS/c8-6-2-1-5-4-9-10-7(5)3-6/h1-4H. The first-order chi connectivity index (χ1) is 4.86. The SMILES string of the molecule is Clc1ccc2cnsc2c1. The third-order valence-electron chi connectivity index (χ3n) is 1.32. The molecule has 1 aromatic carbocycles. The number of benzene rings is 1. The van der Waals surface area contributed by atoms with E-state index in [0.717, 1.165) is 15.1 Å². The molecule has 3 heteroatoms. The lowest BCUT2D eigenvalue weighted by Crippen LogP contribution is -1.61. The van der Waals surface area contributed by atoms with Crippen molar-refractivity contribution in [2.24, 2.45) is 0 Å². The van der Waals surface area contributed by atoms with E-state index in [1.54, 1.807) is 0 Å². The Kier molecular flexibility index (Phi) is 1.36. The van der Waals surface area contributed by atoms with Gasteiger partial charge >= 0.3 is 0 Å². The first-order valence-corrected chi connectivity index (χ1v) is 4.01. The Balaban J connectivity index is 2.86. The highest BCUT2D eigenvalue weighted by molar-refractivity contribution is 7.13. The van der Waals surface area contributed by atoms with Crippen molar-refractivity contribution in [3.05, 3.63) is 29.4 Å². The lowest BCUT2D eigenvalue weighted by molar-refractivity contribution is 1.61. The molecule has 0 aliphatic heterocycles. The molecule has 2 aromatic rings. The van der Waals surface area contributed by atoms with Crippen LogP contribution in [0, 0.1) is 0 Å². The predicted molar refractivity (Wildman–Crippen MR) is 44.6 cm³/mol. The number of rotatable bonds is 0. The van der Waals surface area contributed by atoms with Crippen LogP contribution in [0.2, 0.25) is 5.02 Å². The highest BCUT2D eigenvalue weighted by Crippen LogP contribution is 2.21. The van der Waals surface area contributed by atoms with E-state index in [0.29, 0.717) is 0 Å². The van der Waals surface area contributed by atoms with Gasteiger partial charge in [-0.25, -0.2) is 0 Å².